The summed E-state index contributed by atoms with van der Waals surface area (Å²) in [5.74, 6) is 0.102. The number of nitrogens with zero attached hydrogens (tertiary/aromatic N) is 2. The van der Waals surface area contributed by atoms with Gasteiger partial charge in [-0.3, -0.25) is 9.48 Å². The second-order valence-electron chi connectivity index (χ2n) is 5.39. The van der Waals surface area contributed by atoms with Crippen molar-refractivity contribution in [3.8, 4) is 0 Å². The molecule has 1 atom stereocenters. The Morgan fingerprint density at radius 2 is 2.17 bits per heavy atom. The van der Waals surface area contributed by atoms with E-state index in [2.05, 4.69) is 5.10 Å². The zero-order valence-electron chi connectivity index (χ0n) is 11.2. The molecule has 1 fully saturated rings. The van der Waals surface area contributed by atoms with Gasteiger partial charge in [-0.2, -0.15) is 5.10 Å². The van der Waals surface area contributed by atoms with Crippen LogP contribution in [0.15, 0.2) is 6.07 Å². The average molecular weight is 250 g/mol. The number of carbonyl (C=O) groups excluding carboxylic acids is 1. The summed E-state index contributed by atoms with van der Waals surface area (Å²) < 4.78 is 1.72. The first kappa shape index (κ1) is 13.3. The molecule has 0 amide bonds. The third kappa shape index (κ3) is 2.99. The molecule has 18 heavy (non-hydrogen) atoms. The summed E-state index contributed by atoms with van der Waals surface area (Å²) in [7, 11) is 1.84. The van der Waals surface area contributed by atoms with E-state index in [1.165, 1.54) is 6.42 Å². The van der Waals surface area contributed by atoms with Crippen molar-refractivity contribution < 1.29 is 9.90 Å². The van der Waals surface area contributed by atoms with Crippen molar-refractivity contribution in [3.63, 3.8) is 0 Å². The molecular weight excluding hydrogens is 228 g/mol. The lowest BCUT2D eigenvalue weighted by Crippen LogP contribution is -2.32. The van der Waals surface area contributed by atoms with Crippen LogP contribution in [-0.2, 0) is 18.3 Å². The van der Waals surface area contributed by atoms with E-state index < -0.39 is 6.10 Å². The maximum Gasteiger partial charge on any atom is 0.167 e. The van der Waals surface area contributed by atoms with E-state index in [1.807, 2.05) is 20.0 Å². The highest BCUT2D eigenvalue weighted by Gasteiger charge is 2.27. The number of aliphatic hydroxyl groups excluding tert-OH is 1. The lowest BCUT2D eigenvalue weighted by Gasteiger charge is -2.25. The first-order valence-corrected chi connectivity index (χ1v) is 6.78. The highest BCUT2D eigenvalue weighted by Crippen LogP contribution is 2.27. The summed E-state index contributed by atoms with van der Waals surface area (Å²) in [6.45, 7) is 1.91. The minimum atomic E-state index is -0.791. The Morgan fingerprint density at radius 1 is 1.50 bits per heavy atom. The topological polar surface area (TPSA) is 55.1 Å². The molecule has 0 radical (unpaired) electrons. The molecule has 1 aliphatic rings. The Bertz CT molecular complexity index is 419. The Labute approximate surface area is 108 Å². The van der Waals surface area contributed by atoms with Gasteiger partial charge >= 0.3 is 0 Å². The van der Waals surface area contributed by atoms with Crippen LogP contribution < -0.4 is 0 Å². The normalized spacial score (nSPS) is 18.8. The van der Waals surface area contributed by atoms with Gasteiger partial charge in [0.25, 0.3) is 0 Å². The van der Waals surface area contributed by atoms with E-state index in [1.54, 1.807) is 4.68 Å². The van der Waals surface area contributed by atoms with Gasteiger partial charge in [0.1, 0.15) is 6.10 Å². The Morgan fingerprint density at radius 3 is 2.72 bits per heavy atom. The van der Waals surface area contributed by atoms with Crippen molar-refractivity contribution in [3.05, 3.63) is 17.5 Å². The first-order chi connectivity index (χ1) is 8.58. The van der Waals surface area contributed by atoms with Gasteiger partial charge in [-0.1, -0.05) is 19.3 Å². The maximum absolute atomic E-state index is 12.1. The number of hydrogen-bond donors (Lipinski definition) is 1. The van der Waals surface area contributed by atoms with Crippen molar-refractivity contribution in [1.29, 1.82) is 0 Å². The number of aryl methyl sites for hydroxylation is 2. The van der Waals surface area contributed by atoms with Crippen molar-refractivity contribution in [1.82, 2.24) is 9.78 Å². The van der Waals surface area contributed by atoms with Gasteiger partial charge in [0.2, 0.25) is 0 Å². The largest absolute Gasteiger partial charge is 0.385 e. The average Bonchev–Trinajstić information content (AvgIpc) is 2.68. The SMILES string of the molecule is Cc1cc(CC(=O)C(O)C2CCCCC2)n(C)n1. The molecule has 1 unspecified atom stereocenters. The third-order valence-electron chi connectivity index (χ3n) is 3.88. The number of carbonyl (C=O) groups is 1. The molecule has 2 rings (SSSR count). The van der Waals surface area contributed by atoms with Crippen LogP contribution in [0.1, 0.15) is 43.5 Å². The van der Waals surface area contributed by atoms with Gasteiger partial charge in [0.15, 0.2) is 5.78 Å². The number of Topliss-reactive ketones (excluding diaryl/α,β-unsaturated/α-hetero) is 1. The van der Waals surface area contributed by atoms with Crippen LogP contribution in [0.3, 0.4) is 0 Å². The molecule has 0 spiro atoms. The number of rotatable bonds is 4. The van der Waals surface area contributed by atoms with Crippen LogP contribution in [0.2, 0.25) is 0 Å². The van der Waals surface area contributed by atoms with E-state index in [0.717, 1.165) is 37.1 Å². The Hall–Kier alpha value is -1.16. The highest BCUT2D eigenvalue weighted by atomic mass is 16.3. The zero-order valence-corrected chi connectivity index (χ0v) is 11.2. The van der Waals surface area contributed by atoms with Gasteiger partial charge in [-0.25, -0.2) is 0 Å². The molecule has 1 aromatic heterocycles. The van der Waals surface area contributed by atoms with Crippen LogP contribution in [0.4, 0.5) is 0 Å². The molecule has 4 nitrogen and oxygen atoms in total. The van der Waals surface area contributed by atoms with Crippen LogP contribution in [0.25, 0.3) is 0 Å². The zero-order chi connectivity index (χ0) is 13.1. The fourth-order valence-corrected chi connectivity index (χ4v) is 2.83. The highest BCUT2D eigenvalue weighted by molar-refractivity contribution is 5.85. The molecule has 1 heterocycles. The summed E-state index contributed by atoms with van der Waals surface area (Å²) in [5, 5.41) is 14.3. The quantitative estimate of drug-likeness (QED) is 0.886. The lowest BCUT2D eigenvalue weighted by atomic mass is 9.83. The Balaban J connectivity index is 1.96. The van der Waals surface area contributed by atoms with Crippen LogP contribution in [-0.4, -0.2) is 26.8 Å². The third-order valence-corrected chi connectivity index (χ3v) is 3.88. The van der Waals surface area contributed by atoms with Gasteiger partial charge < -0.3 is 5.11 Å². The monoisotopic (exact) mass is 250 g/mol. The maximum atomic E-state index is 12.1. The number of aliphatic hydroxyl groups is 1. The molecule has 0 bridgehead atoms. The molecule has 4 heteroatoms. The van der Waals surface area contributed by atoms with Crippen molar-refractivity contribution in [2.75, 3.05) is 0 Å². The number of ketones is 1. The predicted molar refractivity (Wildman–Crippen MR) is 69.2 cm³/mol. The van der Waals surface area contributed by atoms with Gasteiger partial charge in [0.05, 0.1) is 12.1 Å². The van der Waals surface area contributed by atoms with Crippen LogP contribution in [0, 0.1) is 12.8 Å². The Kier molecular flexibility index (Phi) is 4.17. The summed E-state index contributed by atoms with van der Waals surface area (Å²) in [6, 6.07) is 1.91. The van der Waals surface area contributed by atoms with E-state index in [9.17, 15) is 9.90 Å². The minimum Gasteiger partial charge on any atom is -0.385 e. The van der Waals surface area contributed by atoms with E-state index in [4.69, 9.17) is 0 Å². The van der Waals surface area contributed by atoms with E-state index >= 15 is 0 Å². The molecule has 0 aliphatic heterocycles. The standard InChI is InChI=1S/C14H22N2O2/c1-10-8-12(16(2)15-10)9-13(17)14(18)11-6-4-3-5-7-11/h8,11,14,18H,3-7,9H2,1-2H3. The molecule has 0 saturated heterocycles. The molecule has 100 valence electrons. The number of hydrogen-bond acceptors (Lipinski definition) is 3. The fraction of sp³-hybridized carbons (Fsp3) is 0.714. The van der Waals surface area contributed by atoms with Gasteiger partial charge in [-0.15, -0.1) is 0 Å². The fourth-order valence-electron chi connectivity index (χ4n) is 2.83. The second-order valence-corrected chi connectivity index (χ2v) is 5.39. The molecule has 1 saturated carbocycles. The molecule has 1 aromatic rings. The lowest BCUT2D eigenvalue weighted by molar-refractivity contribution is -0.129. The van der Waals surface area contributed by atoms with Crippen molar-refractivity contribution in [2.45, 2.75) is 51.6 Å². The summed E-state index contributed by atoms with van der Waals surface area (Å²) in [5.41, 5.74) is 1.79. The molecule has 0 aromatic carbocycles. The first-order valence-electron chi connectivity index (χ1n) is 6.78. The summed E-state index contributed by atoms with van der Waals surface area (Å²) in [6.07, 6.45) is 4.97. The molecular formula is C14H22N2O2. The second kappa shape index (κ2) is 5.65. The van der Waals surface area contributed by atoms with Crippen molar-refractivity contribution in [2.24, 2.45) is 13.0 Å². The van der Waals surface area contributed by atoms with Crippen LogP contribution in [0.5, 0.6) is 0 Å². The van der Waals surface area contributed by atoms with Gasteiger partial charge in [0, 0.05) is 12.7 Å². The van der Waals surface area contributed by atoms with Crippen molar-refractivity contribution >= 4 is 5.78 Å². The minimum absolute atomic E-state index is 0.0649. The molecule has 1 N–H and O–H groups in total. The summed E-state index contributed by atoms with van der Waals surface area (Å²) >= 11 is 0. The van der Waals surface area contributed by atoms with E-state index in [0.29, 0.717) is 0 Å². The predicted octanol–water partition coefficient (Wildman–Crippen LogP) is 1.78. The molecule has 1 aliphatic carbocycles. The summed E-state index contributed by atoms with van der Waals surface area (Å²) in [4.78, 5) is 12.1. The van der Waals surface area contributed by atoms with E-state index in [-0.39, 0.29) is 18.1 Å². The smallest absolute Gasteiger partial charge is 0.167 e. The van der Waals surface area contributed by atoms with Gasteiger partial charge in [-0.05, 0) is 31.7 Å². The number of aromatic nitrogens is 2. The van der Waals surface area contributed by atoms with Crippen LogP contribution >= 0.6 is 0 Å².